The lowest BCUT2D eigenvalue weighted by molar-refractivity contribution is 0.411. The largest absolute Gasteiger partial charge is 0.495 e. The first-order chi connectivity index (χ1) is 8.52. The van der Waals surface area contributed by atoms with Crippen molar-refractivity contribution in [2.75, 3.05) is 12.8 Å². The maximum absolute atomic E-state index is 11.8. The van der Waals surface area contributed by atoms with E-state index in [-0.39, 0.29) is 5.95 Å². The fourth-order valence-corrected chi connectivity index (χ4v) is 1.89. The van der Waals surface area contributed by atoms with Crippen LogP contribution in [0.15, 0.2) is 23.3 Å². The molecular formula is C12H14N4O2. The first kappa shape index (κ1) is 12.1. The third-order valence-corrected chi connectivity index (χ3v) is 2.59. The third-order valence-electron chi connectivity index (χ3n) is 2.59. The molecule has 0 saturated carbocycles. The lowest BCUT2D eigenvalue weighted by Crippen LogP contribution is -2.24. The molecule has 0 aliphatic carbocycles. The Labute approximate surface area is 104 Å². The summed E-state index contributed by atoms with van der Waals surface area (Å²) in [6.45, 7) is 3.86. The van der Waals surface area contributed by atoms with E-state index in [1.54, 1.807) is 7.11 Å². The van der Waals surface area contributed by atoms with Crippen molar-refractivity contribution in [3.8, 4) is 11.4 Å². The highest BCUT2D eigenvalue weighted by Crippen LogP contribution is 2.26. The molecule has 0 unspecified atom stereocenters. The second-order valence-electron chi connectivity index (χ2n) is 4.00. The van der Waals surface area contributed by atoms with Crippen molar-refractivity contribution in [3.63, 3.8) is 0 Å². The van der Waals surface area contributed by atoms with Gasteiger partial charge in [-0.2, -0.15) is 4.98 Å². The van der Waals surface area contributed by atoms with Gasteiger partial charge in [-0.3, -0.25) is 0 Å². The molecule has 18 heavy (non-hydrogen) atoms. The molecule has 1 aromatic heterocycles. The predicted octanol–water partition coefficient (Wildman–Crippen LogP) is 0.835. The highest BCUT2D eigenvalue weighted by atomic mass is 16.5. The van der Waals surface area contributed by atoms with Crippen LogP contribution in [0.5, 0.6) is 5.75 Å². The average Bonchev–Trinajstić information content (AvgIpc) is 2.29. The molecule has 0 atom stereocenters. The summed E-state index contributed by atoms with van der Waals surface area (Å²) in [7, 11) is 1.56. The van der Waals surface area contributed by atoms with Gasteiger partial charge in [0.25, 0.3) is 0 Å². The van der Waals surface area contributed by atoms with Gasteiger partial charge in [0.05, 0.1) is 12.8 Å². The summed E-state index contributed by atoms with van der Waals surface area (Å²) in [4.78, 5) is 19.3. The van der Waals surface area contributed by atoms with Crippen molar-refractivity contribution in [2.24, 2.45) is 0 Å². The smallest absolute Gasteiger partial charge is 0.356 e. The number of nitrogen functional groups attached to an aromatic ring is 1. The Kier molecular flexibility index (Phi) is 3.01. The summed E-state index contributed by atoms with van der Waals surface area (Å²) in [6, 6.07) is 3.81. The van der Waals surface area contributed by atoms with Gasteiger partial charge in [-0.15, -0.1) is 0 Å². The summed E-state index contributed by atoms with van der Waals surface area (Å²) >= 11 is 0. The van der Waals surface area contributed by atoms with Crippen LogP contribution in [0.3, 0.4) is 0 Å². The van der Waals surface area contributed by atoms with Gasteiger partial charge in [-0.1, -0.05) is 6.07 Å². The van der Waals surface area contributed by atoms with Crippen LogP contribution in [0.4, 0.5) is 5.95 Å². The minimum Gasteiger partial charge on any atom is -0.495 e. The van der Waals surface area contributed by atoms with Crippen LogP contribution in [-0.4, -0.2) is 21.6 Å². The minimum absolute atomic E-state index is 0.0417. The number of rotatable bonds is 2. The van der Waals surface area contributed by atoms with E-state index in [0.29, 0.717) is 11.4 Å². The van der Waals surface area contributed by atoms with Crippen molar-refractivity contribution in [2.45, 2.75) is 13.8 Å². The molecule has 94 valence electrons. The molecule has 6 nitrogen and oxygen atoms in total. The first-order valence-corrected chi connectivity index (χ1v) is 5.39. The molecule has 1 heterocycles. The van der Waals surface area contributed by atoms with Gasteiger partial charge < -0.3 is 10.5 Å². The molecule has 2 N–H and O–H groups in total. The van der Waals surface area contributed by atoms with Crippen molar-refractivity contribution < 1.29 is 4.74 Å². The van der Waals surface area contributed by atoms with Crippen molar-refractivity contribution in [1.82, 2.24) is 14.5 Å². The second kappa shape index (κ2) is 4.48. The zero-order valence-corrected chi connectivity index (χ0v) is 10.5. The van der Waals surface area contributed by atoms with E-state index in [4.69, 9.17) is 10.5 Å². The predicted molar refractivity (Wildman–Crippen MR) is 68.1 cm³/mol. The topological polar surface area (TPSA) is 83.0 Å². The van der Waals surface area contributed by atoms with Crippen LogP contribution >= 0.6 is 0 Å². The van der Waals surface area contributed by atoms with E-state index < -0.39 is 5.69 Å². The molecule has 0 aliphatic heterocycles. The molecule has 0 spiro atoms. The van der Waals surface area contributed by atoms with E-state index in [1.807, 2.05) is 26.0 Å². The lowest BCUT2D eigenvalue weighted by Gasteiger charge is -2.13. The van der Waals surface area contributed by atoms with Gasteiger partial charge in [0.15, 0.2) is 0 Å². The highest BCUT2D eigenvalue weighted by molar-refractivity contribution is 5.54. The van der Waals surface area contributed by atoms with Crippen LogP contribution in [-0.2, 0) is 0 Å². The number of hydrogen-bond acceptors (Lipinski definition) is 5. The average molecular weight is 246 g/mol. The van der Waals surface area contributed by atoms with Crippen LogP contribution in [0.25, 0.3) is 5.69 Å². The van der Waals surface area contributed by atoms with E-state index in [1.165, 1.54) is 10.9 Å². The number of hydrogen-bond donors (Lipinski definition) is 1. The molecule has 2 rings (SSSR count). The first-order valence-electron chi connectivity index (χ1n) is 5.39. The highest BCUT2D eigenvalue weighted by Gasteiger charge is 2.12. The zero-order valence-electron chi connectivity index (χ0n) is 10.5. The Balaban J connectivity index is 2.74. The molecule has 0 aliphatic rings. The second-order valence-corrected chi connectivity index (χ2v) is 4.00. The van der Waals surface area contributed by atoms with Crippen molar-refractivity contribution >= 4 is 5.95 Å². The van der Waals surface area contributed by atoms with Gasteiger partial charge in [-0.05, 0) is 31.0 Å². The van der Waals surface area contributed by atoms with Gasteiger partial charge in [0.2, 0.25) is 5.95 Å². The Bertz CT molecular complexity index is 649. The van der Waals surface area contributed by atoms with E-state index in [2.05, 4.69) is 9.97 Å². The molecule has 1 aromatic carbocycles. The van der Waals surface area contributed by atoms with Crippen molar-refractivity contribution in [3.05, 3.63) is 40.1 Å². The Hall–Kier alpha value is -2.37. The van der Waals surface area contributed by atoms with Gasteiger partial charge in [0.1, 0.15) is 12.1 Å². The summed E-state index contributed by atoms with van der Waals surface area (Å²) in [6.07, 6.45) is 1.35. The number of benzene rings is 1. The lowest BCUT2D eigenvalue weighted by atomic mass is 10.1. The maximum Gasteiger partial charge on any atom is 0.356 e. The number of anilines is 1. The fraction of sp³-hybridized carbons (Fsp3) is 0.250. The minimum atomic E-state index is -0.479. The van der Waals surface area contributed by atoms with Crippen LogP contribution in [0.1, 0.15) is 11.1 Å². The standard InChI is InChI=1S/C12H14N4O2/c1-7-4-8(2)10(9(5-7)18-3)16-6-14-11(13)15-12(16)17/h4-6H,1-3H3,(H2,13,15,17). The van der Waals surface area contributed by atoms with Gasteiger partial charge >= 0.3 is 5.69 Å². The number of aromatic nitrogens is 3. The van der Waals surface area contributed by atoms with Crippen LogP contribution in [0, 0.1) is 13.8 Å². The number of methoxy groups -OCH3 is 1. The summed E-state index contributed by atoms with van der Waals surface area (Å²) < 4.78 is 6.62. The Morgan fingerprint density at radius 3 is 2.67 bits per heavy atom. The van der Waals surface area contributed by atoms with Gasteiger partial charge in [0, 0.05) is 0 Å². The zero-order chi connectivity index (χ0) is 13.3. The number of nitrogens with two attached hydrogens (primary N) is 1. The maximum atomic E-state index is 11.8. The molecule has 0 fully saturated rings. The molecule has 0 bridgehead atoms. The number of nitrogens with zero attached hydrogens (tertiary/aromatic N) is 3. The molecule has 0 saturated heterocycles. The Morgan fingerprint density at radius 2 is 2.06 bits per heavy atom. The molecule has 6 heteroatoms. The van der Waals surface area contributed by atoms with Crippen molar-refractivity contribution in [1.29, 1.82) is 0 Å². The van der Waals surface area contributed by atoms with Crippen LogP contribution < -0.4 is 16.2 Å². The van der Waals surface area contributed by atoms with E-state index in [0.717, 1.165) is 11.1 Å². The van der Waals surface area contributed by atoms with E-state index >= 15 is 0 Å². The molecule has 2 aromatic rings. The summed E-state index contributed by atoms with van der Waals surface area (Å²) in [5.74, 6) is 0.558. The fourth-order valence-electron chi connectivity index (χ4n) is 1.89. The SMILES string of the molecule is COc1cc(C)cc(C)c1-n1cnc(N)nc1=O. The number of aryl methyl sites for hydroxylation is 2. The number of ether oxygens (including phenoxy) is 1. The monoisotopic (exact) mass is 246 g/mol. The van der Waals surface area contributed by atoms with E-state index in [9.17, 15) is 4.79 Å². The molecule has 0 amide bonds. The summed E-state index contributed by atoms with van der Waals surface area (Å²) in [5, 5.41) is 0. The molecular weight excluding hydrogens is 232 g/mol. The van der Waals surface area contributed by atoms with Crippen LogP contribution in [0.2, 0.25) is 0 Å². The Morgan fingerprint density at radius 1 is 1.33 bits per heavy atom. The molecule has 0 radical (unpaired) electrons. The van der Waals surface area contributed by atoms with Gasteiger partial charge in [-0.25, -0.2) is 14.3 Å². The summed E-state index contributed by atoms with van der Waals surface area (Å²) in [5.41, 5.74) is 7.48. The third kappa shape index (κ3) is 2.04. The quantitative estimate of drug-likeness (QED) is 0.848. The normalized spacial score (nSPS) is 10.4.